The van der Waals surface area contributed by atoms with E-state index in [2.05, 4.69) is 0 Å². The van der Waals surface area contributed by atoms with Crippen molar-refractivity contribution >= 4 is 17.9 Å². The van der Waals surface area contributed by atoms with Crippen LogP contribution < -0.4 is 15.8 Å². The monoisotopic (exact) mass is 336 g/mol. The average Bonchev–Trinajstić information content (AvgIpc) is 3.06. The Bertz CT molecular complexity index is 595. The molecule has 0 bridgehead atoms. The smallest absolute Gasteiger partial charge is 0.338 e. The summed E-state index contributed by atoms with van der Waals surface area (Å²) in [5, 5.41) is 1.84. The molecule has 3 amide bonds. The van der Waals surface area contributed by atoms with Gasteiger partial charge in [0.15, 0.2) is 6.10 Å². The molecule has 8 nitrogen and oxygen atoms in total. The van der Waals surface area contributed by atoms with Gasteiger partial charge in [0.1, 0.15) is 12.4 Å². The molecule has 1 saturated heterocycles. The van der Waals surface area contributed by atoms with Crippen molar-refractivity contribution in [2.45, 2.75) is 32.0 Å². The van der Waals surface area contributed by atoms with E-state index in [4.69, 9.17) is 19.9 Å². The van der Waals surface area contributed by atoms with Crippen molar-refractivity contribution in [2.75, 3.05) is 13.2 Å². The molecule has 3 N–H and O–H groups in total. The Labute approximate surface area is 139 Å². The van der Waals surface area contributed by atoms with Gasteiger partial charge in [-0.15, -0.1) is 0 Å². The van der Waals surface area contributed by atoms with E-state index in [1.165, 1.54) is 19.1 Å². The summed E-state index contributed by atoms with van der Waals surface area (Å²) >= 11 is 0. The first-order chi connectivity index (χ1) is 11.5. The minimum atomic E-state index is -1.14. The van der Waals surface area contributed by atoms with Crippen LogP contribution in [-0.2, 0) is 14.3 Å². The molecule has 130 valence electrons. The summed E-state index contributed by atoms with van der Waals surface area (Å²) < 4.78 is 16.0. The van der Waals surface area contributed by atoms with Gasteiger partial charge in [-0.05, 0) is 44.0 Å². The summed E-state index contributed by atoms with van der Waals surface area (Å²) in [6, 6.07) is 5.34. The van der Waals surface area contributed by atoms with E-state index in [0.717, 1.165) is 19.4 Å². The molecule has 1 fully saturated rings. The van der Waals surface area contributed by atoms with Crippen molar-refractivity contribution in [2.24, 2.45) is 5.73 Å². The fourth-order valence-corrected chi connectivity index (χ4v) is 2.16. The van der Waals surface area contributed by atoms with Crippen LogP contribution in [0.5, 0.6) is 5.75 Å². The number of rotatable bonds is 6. The normalized spacial score (nSPS) is 17.8. The van der Waals surface area contributed by atoms with Crippen LogP contribution in [-0.4, -0.2) is 43.3 Å². The van der Waals surface area contributed by atoms with Crippen molar-refractivity contribution < 1.29 is 28.6 Å². The number of hydrogen-bond donors (Lipinski definition) is 2. The minimum Gasteiger partial charge on any atom is -0.491 e. The summed E-state index contributed by atoms with van der Waals surface area (Å²) in [5.41, 5.74) is 5.09. The molecule has 1 aliphatic rings. The third kappa shape index (κ3) is 5.24. The molecule has 2 atom stereocenters. The molecular weight excluding hydrogens is 316 g/mol. The topological polar surface area (TPSA) is 117 Å². The Kier molecular flexibility index (Phi) is 6.14. The predicted octanol–water partition coefficient (Wildman–Crippen LogP) is 0.985. The molecular formula is C16H20N2O6. The van der Waals surface area contributed by atoms with E-state index < -0.39 is 24.0 Å². The summed E-state index contributed by atoms with van der Waals surface area (Å²) in [6.45, 7) is 2.57. The van der Waals surface area contributed by atoms with E-state index in [0.29, 0.717) is 12.4 Å². The Hall–Kier alpha value is -2.61. The SMILES string of the molecule is C[C@H](OC(=O)c1ccc(OC[C@H]2CCCO2)cc1)C(=O)NC(N)=O. The quantitative estimate of drug-likeness (QED) is 0.748. The van der Waals surface area contributed by atoms with E-state index in [1.54, 1.807) is 12.1 Å². The lowest BCUT2D eigenvalue weighted by molar-refractivity contribution is -0.127. The lowest BCUT2D eigenvalue weighted by atomic mass is 10.2. The van der Waals surface area contributed by atoms with Gasteiger partial charge in [-0.3, -0.25) is 10.1 Å². The number of hydrogen-bond acceptors (Lipinski definition) is 6. The first kappa shape index (κ1) is 17.7. The van der Waals surface area contributed by atoms with Gasteiger partial charge in [-0.2, -0.15) is 0 Å². The average molecular weight is 336 g/mol. The molecule has 8 heteroatoms. The van der Waals surface area contributed by atoms with Gasteiger partial charge in [-0.25, -0.2) is 9.59 Å². The van der Waals surface area contributed by atoms with Crippen LogP contribution in [0.1, 0.15) is 30.1 Å². The van der Waals surface area contributed by atoms with Gasteiger partial charge in [0.25, 0.3) is 5.91 Å². The molecule has 1 aromatic carbocycles. The van der Waals surface area contributed by atoms with Crippen molar-refractivity contribution in [3.05, 3.63) is 29.8 Å². The molecule has 0 radical (unpaired) electrons. The predicted molar refractivity (Wildman–Crippen MR) is 83.5 cm³/mol. The van der Waals surface area contributed by atoms with Crippen LogP contribution >= 0.6 is 0 Å². The number of esters is 1. The Morgan fingerprint density at radius 3 is 2.62 bits per heavy atom. The van der Waals surface area contributed by atoms with Crippen LogP contribution in [0.25, 0.3) is 0 Å². The zero-order chi connectivity index (χ0) is 17.5. The number of primary amides is 1. The zero-order valence-corrected chi connectivity index (χ0v) is 13.3. The summed E-state index contributed by atoms with van der Waals surface area (Å²) in [5.74, 6) is -0.860. The Morgan fingerprint density at radius 1 is 1.33 bits per heavy atom. The number of amides is 3. The van der Waals surface area contributed by atoms with E-state index in [9.17, 15) is 14.4 Å². The highest BCUT2D eigenvalue weighted by atomic mass is 16.5. The minimum absolute atomic E-state index is 0.110. The van der Waals surface area contributed by atoms with Gasteiger partial charge in [-0.1, -0.05) is 0 Å². The van der Waals surface area contributed by atoms with Crippen molar-refractivity contribution in [1.29, 1.82) is 0 Å². The molecule has 0 spiro atoms. The fraction of sp³-hybridized carbons (Fsp3) is 0.438. The molecule has 0 aliphatic carbocycles. The lowest BCUT2D eigenvalue weighted by Gasteiger charge is -2.13. The maximum absolute atomic E-state index is 11.9. The molecule has 0 saturated carbocycles. The number of imide groups is 1. The van der Waals surface area contributed by atoms with Crippen molar-refractivity contribution in [1.82, 2.24) is 5.32 Å². The Morgan fingerprint density at radius 2 is 2.04 bits per heavy atom. The first-order valence-electron chi connectivity index (χ1n) is 7.61. The van der Waals surface area contributed by atoms with Crippen LogP contribution in [0.15, 0.2) is 24.3 Å². The largest absolute Gasteiger partial charge is 0.491 e. The number of nitrogens with one attached hydrogen (secondary N) is 1. The van der Waals surface area contributed by atoms with E-state index in [1.807, 2.05) is 5.32 Å². The second kappa shape index (κ2) is 8.30. The molecule has 1 aromatic rings. The number of nitrogens with two attached hydrogens (primary N) is 1. The number of benzene rings is 1. The third-order valence-electron chi connectivity index (χ3n) is 3.45. The van der Waals surface area contributed by atoms with E-state index in [-0.39, 0.29) is 11.7 Å². The number of carbonyl (C=O) groups is 3. The van der Waals surface area contributed by atoms with E-state index >= 15 is 0 Å². The molecule has 24 heavy (non-hydrogen) atoms. The van der Waals surface area contributed by atoms with Gasteiger partial charge in [0.05, 0.1) is 11.7 Å². The van der Waals surface area contributed by atoms with Crippen LogP contribution in [0.3, 0.4) is 0 Å². The third-order valence-corrected chi connectivity index (χ3v) is 3.45. The number of ether oxygens (including phenoxy) is 3. The van der Waals surface area contributed by atoms with Crippen LogP contribution in [0.2, 0.25) is 0 Å². The van der Waals surface area contributed by atoms with Gasteiger partial charge < -0.3 is 19.9 Å². The molecule has 0 aromatic heterocycles. The molecule has 1 aliphatic heterocycles. The second-order valence-corrected chi connectivity index (χ2v) is 5.37. The highest BCUT2D eigenvalue weighted by molar-refractivity contribution is 5.98. The van der Waals surface area contributed by atoms with Gasteiger partial charge >= 0.3 is 12.0 Å². The maximum atomic E-state index is 11.9. The maximum Gasteiger partial charge on any atom is 0.338 e. The lowest BCUT2D eigenvalue weighted by Crippen LogP contribution is -2.42. The number of carbonyl (C=O) groups excluding carboxylic acids is 3. The fourth-order valence-electron chi connectivity index (χ4n) is 2.16. The van der Waals surface area contributed by atoms with Crippen molar-refractivity contribution in [3.63, 3.8) is 0 Å². The van der Waals surface area contributed by atoms with Gasteiger partial charge in [0, 0.05) is 6.61 Å². The standard InChI is InChI=1S/C16H20N2O6/c1-10(14(19)18-16(17)21)24-15(20)11-4-6-12(7-5-11)23-9-13-3-2-8-22-13/h4-7,10,13H,2-3,8-9H2,1H3,(H3,17,18,19,21)/t10-,13+/m0/s1. The van der Waals surface area contributed by atoms with Crippen LogP contribution in [0.4, 0.5) is 4.79 Å². The summed E-state index contributed by atoms with van der Waals surface area (Å²) in [7, 11) is 0. The molecule has 0 unspecified atom stereocenters. The van der Waals surface area contributed by atoms with Crippen LogP contribution in [0, 0.1) is 0 Å². The highest BCUT2D eigenvalue weighted by Gasteiger charge is 2.20. The summed E-state index contributed by atoms with van der Waals surface area (Å²) in [4.78, 5) is 34.0. The first-order valence-corrected chi connectivity index (χ1v) is 7.61. The molecule has 1 heterocycles. The summed E-state index contributed by atoms with van der Waals surface area (Å²) in [6.07, 6.45) is 0.996. The number of urea groups is 1. The highest BCUT2D eigenvalue weighted by Crippen LogP contribution is 2.17. The zero-order valence-electron chi connectivity index (χ0n) is 13.3. The Balaban J connectivity index is 1.83. The van der Waals surface area contributed by atoms with Crippen molar-refractivity contribution in [3.8, 4) is 5.75 Å². The molecule has 2 rings (SSSR count). The van der Waals surface area contributed by atoms with Gasteiger partial charge in [0.2, 0.25) is 0 Å². The second-order valence-electron chi connectivity index (χ2n) is 5.37.